The van der Waals surface area contributed by atoms with Crippen LogP contribution < -0.4 is 24.3 Å². The Kier molecular flexibility index (Phi) is 7.95. The maximum atomic E-state index is 12.9. The van der Waals surface area contributed by atoms with Crippen molar-refractivity contribution in [3.05, 3.63) is 78.1 Å². The van der Waals surface area contributed by atoms with Gasteiger partial charge in [-0.05, 0) is 61.0 Å². The van der Waals surface area contributed by atoms with E-state index >= 15 is 0 Å². The highest BCUT2D eigenvalue weighted by Gasteiger charge is 2.19. The van der Waals surface area contributed by atoms with Crippen molar-refractivity contribution in [2.75, 3.05) is 27.9 Å². The van der Waals surface area contributed by atoms with E-state index in [2.05, 4.69) is 9.88 Å². The summed E-state index contributed by atoms with van der Waals surface area (Å²) in [6.45, 7) is 2.97. The number of imidazole rings is 1. The lowest BCUT2D eigenvalue weighted by atomic mass is 10.1. The van der Waals surface area contributed by atoms with Crippen molar-refractivity contribution in [3.63, 3.8) is 0 Å². The van der Waals surface area contributed by atoms with E-state index in [1.807, 2.05) is 67.6 Å². The Morgan fingerprint density at radius 2 is 1.64 bits per heavy atom. The van der Waals surface area contributed by atoms with Gasteiger partial charge in [0.2, 0.25) is 5.91 Å². The molecule has 1 heterocycles. The zero-order valence-electron chi connectivity index (χ0n) is 21.0. The fourth-order valence-corrected chi connectivity index (χ4v) is 4.12. The van der Waals surface area contributed by atoms with Crippen molar-refractivity contribution >= 4 is 16.9 Å². The van der Waals surface area contributed by atoms with Gasteiger partial charge in [0.1, 0.15) is 23.9 Å². The molecule has 0 saturated carbocycles. The first-order valence-electron chi connectivity index (χ1n) is 11.7. The quantitative estimate of drug-likeness (QED) is 0.333. The third kappa shape index (κ3) is 5.71. The van der Waals surface area contributed by atoms with Crippen molar-refractivity contribution in [2.24, 2.45) is 0 Å². The second-order valence-electron chi connectivity index (χ2n) is 8.29. The Morgan fingerprint density at radius 3 is 2.36 bits per heavy atom. The molecule has 0 aliphatic heterocycles. The molecular weight excluding hydrogens is 458 g/mol. The minimum Gasteiger partial charge on any atom is -0.497 e. The topological polar surface area (TPSA) is 83.8 Å². The first-order chi connectivity index (χ1) is 17.5. The molecule has 1 atom stereocenters. The number of rotatable bonds is 11. The van der Waals surface area contributed by atoms with E-state index in [0.29, 0.717) is 24.7 Å². The van der Waals surface area contributed by atoms with Crippen LogP contribution in [0.2, 0.25) is 0 Å². The molecule has 0 aliphatic carbocycles. The molecule has 0 radical (unpaired) electrons. The lowest BCUT2D eigenvalue weighted by molar-refractivity contribution is -0.121. The van der Waals surface area contributed by atoms with Crippen LogP contribution in [0.4, 0.5) is 0 Å². The van der Waals surface area contributed by atoms with E-state index in [0.717, 1.165) is 33.9 Å². The van der Waals surface area contributed by atoms with Crippen molar-refractivity contribution < 1.29 is 23.7 Å². The van der Waals surface area contributed by atoms with E-state index in [-0.39, 0.29) is 18.4 Å². The predicted octanol–water partition coefficient (Wildman–Crippen LogP) is 4.56. The zero-order chi connectivity index (χ0) is 25.5. The number of nitrogens with zero attached hydrogens (tertiary/aromatic N) is 2. The summed E-state index contributed by atoms with van der Waals surface area (Å²) >= 11 is 0. The lowest BCUT2D eigenvalue weighted by Gasteiger charge is -2.17. The molecule has 0 fully saturated rings. The molecule has 8 heteroatoms. The van der Waals surface area contributed by atoms with Crippen molar-refractivity contribution in [2.45, 2.75) is 25.9 Å². The molecule has 1 N–H and O–H groups in total. The van der Waals surface area contributed by atoms with Gasteiger partial charge >= 0.3 is 0 Å². The molecule has 0 bridgehead atoms. The highest BCUT2D eigenvalue weighted by Crippen LogP contribution is 2.28. The fraction of sp³-hybridized carbons (Fsp3) is 0.286. The van der Waals surface area contributed by atoms with Gasteiger partial charge in [-0.25, -0.2) is 4.98 Å². The molecular formula is C28H31N3O5. The van der Waals surface area contributed by atoms with E-state index < -0.39 is 0 Å². The zero-order valence-corrected chi connectivity index (χ0v) is 21.0. The van der Waals surface area contributed by atoms with E-state index in [4.69, 9.17) is 23.9 Å². The van der Waals surface area contributed by atoms with Crippen LogP contribution in [0, 0.1) is 0 Å². The minimum absolute atomic E-state index is 0.109. The summed E-state index contributed by atoms with van der Waals surface area (Å²) in [6, 6.07) is 20.6. The van der Waals surface area contributed by atoms with Gasteiger partial charge in [-0.15, -0.1) is 0 Å². The Balaban J connectivity index is 1.46. The molecule has 0 aliphatic rings. The Hall–Kier alpha value is -4.20. The molecule has 1 amide bonds. The minimum atomic E-state index is -0.300. The van der Waals surface area contributed by atoms with Gasteiger partial charge in [-0.2, -0.15) is 0 Å². The number of amides is 1. The number of ether oxygens (including phenoxy) is 4. The number of hydrogen-bond donors (Lipinski definition) is 1. The Morgan fingerprint density at radius 1 is 0.917 bits per heavy atom. The fourth-order valence-electron chi connectivity index (χ4n) is 4.12. The van der Waals surface area contributed by atoms with Crippen LogP contribution in [0.3, 0.4) is 0 Å². The standard InChI is InChI=1S/C28H31N3O5/c1-19(29-27(32)18-20-9-14-25(34-3)26(17-20)35-4)28-30-23-7-5-6-8-24(23)31(28)15-16-36-22-12-10-21(33-2)11-13-22/h5-14,17,19H,15-16,18H2,1-4H3,(H,29,32). The van der Waals surface area contributed by atoms with Crippen LogP contribution in [0.25, 0.3) is 11.0 Å². The highest BCUT2D eigenvalue weighted by molar-refractivity contribution is 5.80. The van der Waals surface area contributed by atoms with Gasteiger partial charge in [0.25, 0.3) is 0 Å². The van der Waals surface area contributed by atoms with Crippen molar-refractivity contribution in [3.8, 4) is 23.0 Å². The average molecular weight is 490 g/mol. The number of hydrogen-bond acceptors (Lipinski definition) is 6. The number of carbonyl (C=O) groups excluding carboxylic acids is 1. The number of para-hydroxylation sites is 2. The predicted molar refractivity (Wildman–Crippen MR) is 138 cm³/mol. The molecule has 188 valence electrons. The summed E-state index contributed by atoms with van der Waals surface area (Å²) in [5, 5.41) is 3.08. The van der Waals surface area contributed by atoms with Gasteiger partial charge in [0.15, 0.2) is 11.5 Å². The number of nitrogens with one attached hydrogen (secondary N) is 1. The van der Waals surface area contributed by atoms with Crippen LogP contribution in [0.15, 0.2) is 66.7 Å². The van der Waals surface area contributed by atoms with Crippen molar-refractivity contribution in [1.29, 1.82) is 0 Å². The Bertz CT molecular complexity index is 1320. The van der Waals surface area contributed by atoms with Gasteiger partial charge in [-0.3, -0.25) is 4.79 Å². The molecule has 1 aromatic heterocycles. The highest BCUT2D eigenvalue weighted by atomic mass is 16.5. The number of methoxy groups -OCH3 is 3. The van der Waals surface area contributed by atoms with Crippen LogP contribution in [-0.4, -0.2) is 43.4 Å². The number of fused-ring (bicyclic) bond motifs is 1. The molecule has 1 unspecified atom stereocenters. The SMILES string of the molecule is COc1ccc(OCCn2c(C(C)NC(=O)Cc3ccc(OC)c(OC)c3)nc3ccccc32)cc1. The molecule has 36 heavy (non-hydrogen) atoms. The summed E-state index contributed by atoms with van der Waals surface area (Å²) in [7, 11) is 4.79. The third-order valence-electron chi connectivity index (χ3n) is 5.90. The molecule has 0 spiro atoms. The lowest BCUT2D eigenvalue weighted by Crippen LogP contribution is -2.30. The summed E-state index contributed by atoms with van der Waals surface area (Å²) in [6.07, 6.45) is 0.214. The van der Waals surface area contributed by atoms with E-state index in [9.17, 15) is 4.79 Å². The average Bonchev–Trinajstić information content (AvgIpc) is 3.27. The largest absolute Gasteiger partial charge is 0.497 e. The Labute approximate surface area is 210 Å². The van der Waals surface area contributed by atoms with Crippen LogP contribution in [0.1, 0.15) is 24.4 Å². The summed E-state index contributed by atoms with van der Waals surface area (Å²) < 4.78 is 23.9. The molecule has 4 aromatic rings. The maximum Gasteiger partial charge on any atom is 0.224 e. The van der Waals surface area contributed by atoms with Crippen LogP contribution in [-0.2, 0) is 17.8 Å². The number of aromatic nitrogens is 2. The smallest absolute Gasteiger partial charge is 0.224 e. The first-order valence-corrected chi connectivity index (χ1v) is 11.7. The normalized spacial score (nSPS) is 11.7. The molecule has 4 rings (SSSR count). The van der Waals surface area contributed by atoms with Crippen LogP contribution in [0.5, 0.6) is 23.0 Å². The second kappa shape index (κ2) is 11.5. The van der Waals surface area contributed by atoms with Crippen molar-refractivity contribution in [1.82, 2.24) is 14.9 Å². The summed E-state index contributed by atoms with van der Waals surface area (Å²) in [5.41, 5.74) is 2.70. The summed E-state index contributed by atoms with van der Waals surface area (Å²) in [5.74, 6) is 3.43. The second-order valence-corrected chi connectivity index (χ2v) is 8.29. The van der Waals surface area contributed by atoms with E-state index in [1.165, 1.54) is 0 Å². The van der Waals surface area contributed by atoms with Crippen LogP contribution >= 0.6 is 0 Å². The van der Waals surface area contributed by atoms with E-state index in [1.54, 1.807) is 27.4 Å². The maximum absolute atomic E-state index is 12.9. The number of benzene rings is 3. The monoisotopic (exact) mass is 489 g/mol. The molecule has 8 nitrogen and oxygen atoms in total. The number of carbonyl (C=O) groups is 1. The van der Waals surface area contributed by atoms with Gasteiger partial charge in [-0.1, -0.05) is 18.2 Å². The molecule has 0 saturated heterocycles. The summed E-state index contributed by atoms with van der Waals surface area (Å²) in [4.78, 5) is 17.7. The first kappa shape index (κ1) is 24.9. The third-order valence-corrected chi connectivity index (χ3v) is 5.90. The van der Waals surface area contributed by atoms with Gasteiger partial charge in [0, 0.05) is 0 Å². The molecule has 3 aromatic carbocycles. The van der Waals surface area contributed by atoms with Gasteiger partial charge < -0.3 is 28.8 Å². The van der Waals surface area contributed by atoms with Gasteiger partial charge in [0.05, 0.1) is 51.4 Å².